The summed E-state index contributed by atoms with van der Waals surface area (Å²) < 4.78 is 5.37. The molecule has 1 aliphatic heterocycles. The summed E-state index contributed by atoms with van der Waals surface area (Å²) in [5.74, 6) is 1.98. The minimum atomic E-state index is 0.0842. The van der Waals surface area contributed by atoms with E-state index in [-0.39, 0.29) is 5.91 Å². The van der Waals surface area contributed by atoms with Crippen molar-refractivity contribution in [3.8, 4) is 0 Å². The van der Waals surface area contributed by atoms with Crippen molar-refractivity contribution >= 4 is 17.7 Å². The topological polar surface area (TPSA) is 79.4 Å². The molecule has 0 aliphatic carbocycles. The Morgan fingerprint density at radius 1 is 1.30 bits per heavy atom. The number of carbonyl (C=O) groups excluding carboxylic acids is 1. The minimum Gasteiger partial charge on any atom is -0.378 e. The van der Waals surface area contributed by atoms with E-state index in [0.29, 0.717) is 31.4 Å². The number of carbonyl (C=O) groups is 1. The Morgan fingerprint density at radius 3 is 2.74 bits per heavy atom. The fourth-order valence-electron chi connectivity index (χ4n) is 2.40. The number of nitrogens with zero attached hydrogens (tertiary/aromatic N) is 3. The molecule has 1 saturated heterocycles. The van der Waals surface area contributed by atoms with Crippen molar-refractivity contribution in [2.75, 3.05) is 49.6 Å². The molecule has 128 valence electrons. The lowest BCUT2D eigenvalue weighted by Gasteiger charge is -2.28. The number of anilines is 2. The molecular weight excluding hydrogens is 294 g/mol. The molecule has 1 fully saturated rings. The Bertz CT molecular complexity index is 515. The minimum absolute atomic E-state index is 0.0842. The first-order chi connectivity index (χ1) is 11.0. The molecule has 1 aromatic rings. The van der Waals surface area contributed by atoms with Crippen LogP contribution in [0.15, 0.2) is 6.07 Å². The second-order valence-electron chi connectivity index (χ2n) is 6.17. The quantitative estimate of drug-likeness (QED) is 0.735. The number of hydrogen-bond donors (Lipinski definition) is 2. The molecule has 2 heterocycles. The van der Waals surface area contributed by atoms with Crippen LogP contribution in [0.4, 0.5) is 11.8 Å². The standard InChI is InChI=1S/C16H27N5O2/c1-12(2)10-15(22)17-4-5-18-16-19-13(3)11-14(20-16)21-6-8-23-9-7-21/h11-12H,4-10H2,1-3H3,(H,17,22)(H,18,19,20). The fourth-order valence-corrected chi connectivity index (χ4v) is 2.40. The smallest absolute Gasteiger partial charge is 0.224 e. The lowest BCUT2D eigenvalue weighted by Crippen LogP contribution is -2.37. The van der Waals surface area contributed by atoms with Crippen LogP contribution in [0.1, 0.15) is 26.0 Å². The Morgan fingerprint density at radius 2 is 2.04 bits per heavy atom. The van der Waals surface area contributed by atoms with Gasteiger partial charge >= 0.3 is 0 Å². The van der Waals surface area contributed by atoms with Crippen LogP contribution < -0.4 is 15.5 Å². The van der Waals surface area contributed by atoms with Crippen molar-refractivity contribution in [2.24, 2.45) is 5.92 Å². The number of morpholine rings is 1. The molecule has 1 aromatic heterocycles. The van der Waals surface area contributed by atoms with Crippen LogP contribution in [0, 0.1) is 12.8 Å². The van der Waals surface area contributed by atoms with E-state index in [1.807, 2.05) is 26.8 Å². The first-order valence-electron chi connectivity index (χ1n) is 8.23. The summed E-state index contributed by atoms with van der Waals surface area (Å²) in [7, 11) is 0. The number of nitrogens with one attached hydrogen (secondary N) is 2. The first kappa shape index (κ1) is 17.5. The molecular formula is C16H27N5O2. The maximum Gasteiger partial charge on any atom is 0.224 e. The molecule has 0 aromatic carbocycles. The maximum absolute atomic E-state index is 11.6. The molecule has 23 heavy (non-hydrogen) atoms. The Labute approximate surface area is 137 Å². The van der Waals surface area contributed by atoms with Gasteiger partial charge in [0.2, 0.25) is 11.9 Å². The molecule has 2 N–H and O–H groups in total. The van der Waals surface area contributed by atoms with E-state index < -0.39 is 0 Å². The van der Waals surface area contributed by atoms with Gasteiger partial charge in [0.1, 0.15) is 5.82 Å². The SMILES string of the molecule is Cc1cc(N2CCOCC2)nc(NCCNC(=O)CC(C)C)n1. The third kappa shape index (κ3) is 6.02. The van der Waals surface area contributed by atoms with Crippen LogP contribution in [0.2, 0.25) is 0 Å². The Kier molecular flexibility index (Phi) is 6.58. The van der Waals surface area contributed by atoms with Gasteiger partial charge in [-0.2, -0.15) is 4.98 Å². The average Bonchev–Trinajstić information content (AvgIpc) is 2.51. The molecule has 7 heteroatoms. The van der Waals surface area contributed by atoms with E-state index >= 15 is 0 Å². The zero-order valence-electron chi connectivity index (χ0n) is 14.3. The molecule has 0 unspecified atom stereocenters. The van der Waals surface area contributed by atoms with Crippen molar-refractivity contribution in [1.82, 2.24) is 15.3 Å². The summed E-state index contributed by atoms with van der Waals surface area (Å²) in [6.07, 6.45) is 0.558. The predicted molar refractivity (Wildman–Crippen MR) is 90.8 cm³/mol. The largest absolute Gasteiger partial charge is 0.378 e. The van der Waals surface area contributed by atoms with E-state index in [9.17, 15) is 4.79 Å². The van der Waals surface area contributed by atoms with Crippen LogP contribution in [0.5, 0.6) is 0 Å². The normalized spacial score (nSPS) is 14.9. The third-order valence-corrected chi connectivity index (χ3v) is 3.50. The van der Waals surface area contributed by atoms with Crippen LogP contribution in [-0.2, 0) is 9.53 Å². The maximum atomic E-state index is 11.6. The van der Waals surface area contributed by atoms with E-state index in [1.165, 1.54) is 0 Å². The van der Waals surface area contributed by atoms with Crippen LogP contribution in [0.25, 0.3) is 0 Å². The number of hydrogen-bond acceptors (Lipinski definition) is 6. The molecule has 0 radical (unpaired) electrons. The highest BCUT2D eigenvalue weighted by molar-refractivity contribution is 5.76. The van der Waals surface area contributed by atoms with Crippen molar-refractivity contribution in [3.05, 3.63) is 11.8 Å². The lowest BCUT2D eigenvalue weighted by molar-refractivity contribution is -0.121. The Hall–Kier alpha value is -1.89. The molecule has 7 nitrogen and oxygen atoms in total. The van der Waals surface area contributed by atoms with Gasteiger partial charge in [-0.15, -0.1) is 0 Å². The van der Waals surface area contributed by atoms with Gasteiger partial charge in [0.15, 0.2) is 0 Å². The lowest BCUT2D eigenvalue weighted by atomic mass is 10.1. The number of aryl methyl sites for hydroxylation is 1. The first-order valence-corrected chi connectivity index (χ1v) is 8.23. The molecule has 0 spiro atoms. The van der Waals surface area contributed by atoms with E-state index in [2.05, 4.69) is 25.5 Å². The van der Waals surface area contributed by atoms with E-state index in [4.69, 9.17) is 4.74 Å². The summed E-state index contributed by atoms with van der Waals surface area (Å²) in [6, 6.07) is 1.99. The zero-order chi connectivity index (χ0) is 16.7. The van der Waals surface area contributed by atoms with Crippen LogP contribution in [-0.4, -0.2) is 55.3 Å². The molecule has 1 aliphatic rings. The predicted octanol–water partition coefficient (Wildman–Crippen LogP) is 1.20. The van der Waals surface area contributed by atoms with Gasteiger partial charge in [-0.1, -0.05) is 13.8 Å². The molecule has 0 atom stereocenters. The average molecular weight is 321 g/mol. The summed E-state index contributed by atoms with van der Waals surface area (Å²) in [5, 5.41) is 6.07. The summed E-state index contributed by atoms with van der Waals surface area (Å²) >= 11 is 0. The third-order valence-electron chi connectivity index (χ3n) is 3.50. The van der Waals surface area contributed by atoms with E-state index in [1.54, 1.807) is 0 Å². The number of amides is 1. The summed E-state index contributed by atoms with van der Waals surface area (Å²) in [5.41, 5.74) is 0.924. The molecule has 0 saturated carbocycles. The van der Waals surface area contributed by atoms with Crippen molar-refractivity contribution < 1.29 is 9.53 Å². The van der Waals surface area contributed by atoms with Gasteiger partial charge in [-0.25, -0.2) is 4.98 Å². The Balaban J connectivity index is 1.83. The summed E-state index contributed by atoms with van der Waals surface area (Å²) in [6.45, 7) is 10.4. The number of rotatable bonds is 7. The number of ether oxygens (including phenoxy) is 1. The van der Waals surface area contributed by atoms with Gasteiger partial charge in [-0.05, 0) is 12.8 Å². The summed E-state index contributed by atoms with van der Waals surface area (Å²) in [4.78, 5) is 22.8. The van der Waals surface area contributed by atoms with Gasteiger partial charge in [0, 0.05) is 44.4 Å². The van der Waals surface area contributed by atoms with Crippen LogP contribution >= 0.6 is 0 Å². The molecule has 0 bridgehead atoms. The zero-order valence-corrected chi connectivity index (χ0v) is 14.3. The van der Waals surface area contributed by atoms with Gasteiger partial charge in [0.05, 0.1) is 13.2 Å². The van der Waals surface area contributed by atoms with Crippen LogP contribution in [0.3, 0.4) is 0 Å². The van der Waals surface area contributed by atoms with Gasteiger partial charge in [0.25, 0.3) is 0 Å². The van der Waals surface area contributed by atoms with Crippen molar-refractivity contribution in [1.29, 1.82) is 0 Å². The highest BCUT2D eigenvalue weighted by Crippen LogP contribution is 2.15. The second-order valence-corrected chi connectivity index (χ2v) is 6.17. The van der Waals surface area contributed by atoms with Crippen molar-refractivity contribution in [3.63, 3.8) is 0 Å². The molecule has 1 amide bonds. The van der Waals surface area contributed by atoms with Gasteiger partial charge < -0.3 is 20.3 Å². The fraction of sp³-hybridized carbons (Fsp3) is 0.688. The van der Waals surface area contributed by atoms with E-state index in [0.717, 1.165) is 37.8 Å². The highest BCUT2D eigenvalue weighted by Gasteiger charge is 2.14. The number of aromatic nitrogens is 2. The second kappa shape index (κ2) is 8.67. The molecule has 2 rings (SSSR count). The van der Waals surface area contributed by atoms with Gasteiger partial charge in [-0.3, -0.25) is 4.79 Å². The highest BCUT2D eigenvalue weighted by atomic mass is 16.5. The van der Waals surface area contributed by atoms with Crippen molar-refractivity contribution in [2.45, 2.75) is 27.2 Å². The monoisotopic (exact) mass is 321 g/mol.